The van der Waals surface area contributed by atoms with Crippen LogP contribution in [0.4, 0.5) is 4.39 Å². The fourth-order valence-electron chi connectivity index (χ4n) is 4.57. The number of ketones is 1. The summed E-state index contributed by atoms with van der Waals surface area (Å²) in [5, 5.41) is 1.97. The smallest absolute Gasteiger partial charge is 0.194 e. The molecule has 0 spiro atoms. The highest BCUT2D eigenvalue weighted by atomic mass is 19.1. The number of aryl methyl sites for hydroxylation is 1. The van der Waals surface area contributed by atoms with Crippen molar-refractivity contribution in [2.45, 2.75) is 25.9 Å². The van der Waals surface area contributed by atoms with Crippen LogP contribution >= 0.6 is 0 Å². The number of alkyl halides is 1. The number of carbonyl (C=O) groups excluding carboxylic acids is 1. The predicted molar refractivity (Wildman–Crippen MR) is 117 cm³/mol. The third-order valence-electron chi connectivity index (χ3n) is 6.59. The summed E-state index contributed by atoms with van der Waals surface area (Å²) in [4.78, 5) is 23.5. The second-order valence-corrected chi connectivity index (χ2v) is 9.50. The number of ether oxygens (including phenoxy) is 1. The molecule has 2 fully saturated rings. The molecule has 0 unspecified atom stereocenters. The number of fused-ring (bicyclic) bond motifs is 1. The number of rotatable bonds is 6. The average molecular weight is 423 g/mol. The van der Waals surface area contributed by atoms with Crippen molar-refractivity contribution in [1.29, 1.82) is 0 Å². The van der Waals surface area contributed by atoms with E-state index in [1.54, 1.807) is 6.20 Å². The van der Waals surface area contributed by atoms with Gasteiger partial charge in [0.2, 0.25) is 0 Å². The Kier molecular flexibility index (Phi) is 4.71. The first kappa shape index (κ1) is 20.3. The number of pyridine rings is 1. The van der Waals surface area contributed by atoms with E-state index in [-0.39, 0.29) is 30.7 Å². The summed E-state index contributed by atoms with van der Waals surface area (Å²) in [6.07, 6.45) is 3.62. The van der Waals surface area contributed by atoms with E-state index in [0.29, 0.717) is 18.9 Å². The van der Waals surface area contributed by atoms with Crippen LogP contribution in [-0.2, 0) is 23.0 Å². The molecule has 5 rings (SSSR count). The maximum absolute atomic E-state index is 15.1. The first-order valence-electron chi connectivity index (χ1n) is 10.6. The molecule has 0 atom stereocenters. The van der Waals surface area contributed by atoms with Gasteiger partial charge in [0, 0.05) is 54.9 Å². The number of hydrogen-bond acceptors (Lipinski definition) is 5. The number of carbonyl (C=O) groups is 1. The summed E-state index contributed by atoms with van der Waals surface area (Å²) >= 11 is 0. The largest absolute Gasteiger partial charge is 0.380 e. The van der Waals surface area contributed by atoms with E-state index in [2.05, 4.69) is 23.0 Å². The number of benzene rings is 1. The summed E-state index contributed by atoms with van der Waals surface area (Å²) in [6.45, 7) is 6.62. The van der Waals surface area contributed by atoms with Crippen LogP contribution in [-0.4, -0.2) is 63.7 Å². The van der Waals surface area contributed by atoms with Gasteiger partial charge < -0.3 is 9.30 Å². The monoisotopic (exact) mass is 422 g/mol. The predicted octanol–water partition coefficient (Wildman–Crippen LogP) is 3.12. The first-order valence-corrected chi connectivity index (χ1v) is 10.6. The van der Waals surface area contributed by atoms with Crippen LogP contribution in [0.2, 0.25) is 0 Å². The lowest BCUT2D eigenvalue weighted by Crippen LogP contribution is -2.66. The highest BCUT2D eigenvalue weighted by Gasteiger charge is 2.51. The second-order valence-electron chi connectivity index (χ2n) is 9.50. The summed E-state index contributed by atoms with van der Waals surface area (Å²) in [6, 6.07) is 8.01. The molecule has 0 radical (unpaired) electrons. The van der Waals surface area contributed by atoms with E-state index >= 15 is 4.39 Å². The van der Waals surface area contributed by atoms with Gasteiger partial charge in [-0.3, -0.25) is 14.7 Å². The van der Waals surface area contributed by atoms with E-state index in [1.165, 1.54) is 0 Å². The van der Waals surface area contributed by atoms with E-state index < -0.39 is 5.67 Å². The van der Waals surface area contributed by atoms with Crippen molar-refractivity contribution in [1.82, 2.24) is 19.4 Å². The van der Waals surface area contributed by atoms with Crippen LogP contribution < -0.4 is 0 Å². The summed E-state index contributed by atoms with van der Waals surface area (Å²) in [5.41, 5.74) is 0.992. The molecule has 0 aliphatic carbocycles. The maximum Gasteiger partial charge on any atom is 0.194 e. The minimum atomic E-state index is -1.77. The van der Waals surface area contributed by atoms with Crippen LogP contribution in [0.3, 0.4) is 0 Å². The van der Waals surface area contributed by atoms with Crippen LogP contribution in [0, 0.1) is 12.3 Å². The molecular weight excluding hydrogens is 395 g/mol. The molecule has 162 valence electrons. The highest BCUT2D eigenvalue weighted by molar-refractivity contribution is 5.92. The minimum absolute atomic E-state index is 0.00963. The Morgan fingerprint density at radius 2 is 1.94 bits per heavy atom. The number of likely N-dealkylation sites (tertiary alicyclic amines) is 1. The molecular formula is C24H27FN4O2. The lowest BCUT2D eigenvalue weighted by atomic mass is 9.83. The summed E-state index contributed by atoms with van der Waals surface area (Å²) in [5.74, 6) is 0.557. The second kappa shape index (κ2) is 7.21. The standard InChI is InChI=1S/C24H27FN4O2/c1-16-26-10-21(28(16)3)17-4-5-18-9-27-20(7-19(18)6-17)8-22(30)24(25)12-29(13-24)11-23(2)14-31-15-23/h4-7,9-10H,8,11-15H2,1-3H3. The molecule has 2 saturated heterocycles. The van der Waals surface area contributed by atoms with E-state index in [4.69, 9.17) is 4.74 Å². The molecule has 1 aromatic carbocycles. The van der Waals surface area contributed by atoms with E-state index in [1.807, 2.05) is 47.8 Å². The fourth-order valence-corrected chi connectivity index (χ4v) is 4.57. The van der Waals surface area contributed by atoms with E-state index in [9.17, 15) is 4.79 Å². The van der Waals surface area contributed by atoms with Gasteiger partial charge in [-0.2, -0.15) is 0 Å². The molecule has 6 nitrogen and oxygen atoms in total. The van der Waals surface area contributed by atoms with Crippen molar-refractivity contribution in [3.8, 4) is 11.3 Å². The number of halogens is 1. The van der Waals surface area contributed by atoms with Crippen molar-refractivity contribution < 1.29 is 13.9 Å². The van der Waals surface area contributed by atoms with Crippen LogP contribution in [0.5, 0.6) is 0 Å². The number of aromatic nitrogens is 3. The Bertz CT molecular complexity index is 1160. The van der Waals surface area contributed by atoms with Gasteiger partial charge in [-0.05, 0) is 24.4 Å². The summed E-state index contributed by atoms with van der Waals surface area (Å²) in [7, 11) is 1.99. The van der Waals surface area contributed by atoms with Gasteiger partial charge in [-0.1, -0.05) is 19.1 Å². The number of imidazole rings is 1. The van der Waals surface area contributed by atoms with Crippen molar-refractivity contribution in [2.75, 3.05) is 32.8 Å². The highest BCUT2D eigenvalue weighted by Crippen LogP contribution is 2.34. The van der Waals surface area contributed by atoms with Gasteiger partial charge in [-0.25, -0.2) is 9.37 Å². The number of nitrogens with zero attached hydrogens (tertiary/aromatic N) is 4. The van der Waals surface area contributed by atoms with Crippen LogP contribution in [0.25, 0.3) is 22.0 Å². The van der Waals surface area contributed by atoms with Gasteiger partial charge in [0.15, 0.2) is 11.5 Å². The molecule has 2 aliphatic heterocycles. The number of Topliss-reactive ketones (excluding diaryl/α,β-unsaturated/α-hetero) is 1. The molecule has 2 aliphatic rings. The molecule has 0 saturated carbocycles. The van der Waals surface area contributed by atoms with Crippen molar-refractivity contribution in [3.05, 3.63) is 48.2 Å². The van der Waals surface area contributed by atoms with Gasteiger partial charge in [0.05, 0.1) is 31.5 Å². The van der Waals surface area contributed by atoms with Crippen molar-refractivity contribution in [3.63, 3.8) is 0 Å². The Hall–Kier alpha value is -2.64. The molecule has 0 amide bonds. The normalized spacial score (nSPS) is 19.7. The van der Waals surface area contributed by atoms with Crippen LogP contribution in [0.1, 0.15) is 18.4 Å². The lowest BCUT2D eigenvalue weighted by molar-refractivity contribution is -0.157. The molecule has 0 bridgehead atoms. The molecule has 4 heterocycles. The lowest BCUT2D eigenvalue weighted by Gasteiger charge is -2.49. The average Bonchev–Trinajstić information content (AvgIpc) is 3.03. The van der Waals surface area contributed by atoms with Gasteiger partial charge in [-0.15, -0.1) is 0 Å². The third-order valence-corrected chi connectivity index (χ3v) is 6.59. The zero-order valence-electron chi connectivity index (χ0n) is 18.2. The molecule has 3 aromatic rings. The quantitative estimate of drug-likeness (QED) is 0.611. The topological polar surface area (TPSA) is 60.3 Å². The maximum atomic E-state index is 15.1. The van der Waals surface area contributed by atoms with Gasteiger partial charge in [0.25, 0.3) is 0 Å². The molecule has 0 N–H and O–H groups in total. The first-order chi connectivity index (χ1) is 14.7. The Morgan fingerprint density at radius 3 is 2.58 bits per heavy atom. The third kappa shape index (κ3) is 3.66. The SMILES string of the molecule is Cc1ncc(-c2ccc3cnc(CC(=O)C4(F)CN(CC5(C)COC5)C4)cc3c2)n1C. The van der Waals surface area contributed by atoms with E-state index in [0.717, 1.165) is 34.4 Å². The zero-order valence-corrected chi connectivity index (χ0v) is 18.2. The van der Waals surface area contributed by atoms with Crippen molar-refractivity contribution in [2.24, 2.45) is 12.5 Å². The minimum Gasteiger partial charge on any atom is -0.380 e. The van der Waals surface area contributed by atoms with Crippen molar-refractivity contribution >= 4 is 16.6 Å². The molecule has 7 heteroatoms. The molecule has 2 aromatic heterocycles. The Labute approximate surface area is 181 Å². The molecule has 31 heavy (non-hydrogen) atoms. The van der Waals surface area contributed by atoms with Gasteiger partial charge >= 0.3 is 0 Å². The zero-order chi connectivity index (χ0) is 21.8. The Balaban J connectivity index is 1.30. The summed E-state index contributed by atoms with van der Waals surface area (Å²) < 4.78 is 22.4. The number of hydrogen-bond donors (Lipinski definition) is 0. The Morgan fingerprint density at radius 1 is 1.16 bits per heavy atom. The fraction of sp³-hybridized carbons (Fsp3) is 0.458. The van der Waals surface area contributed by atoms with Crippen LogP contribution in [0.15, 0.2) is 36.7 Å². The van der Waals surface area contributed by atoms with Gasteiger partial charge in [0.1, 0.15) is 5.82 Å².